The van der Waals surface area contributed by atoms with E-state index in [-0.39, 0.29) is 5.91 Å². The highest BCUT2D eigenvalue weighted by Crippen LogP contribution is 2.24. The Morgan fingerprint density at radius 1 is 0.966 bits per heavy atom. The molecule has 0 radical (unpaired) electrons. The second-order valence-electron chi connectivity index (χ2n) is 8.11. The third kappa shape index (κ3) is 5.72. The second kappa shape index (κ2) is 9.61. The van der Waals surface area contributed by atoms with E-state index < -0.39 is 0 Å². The molecule has 1 aliphatic carbocycles. The number of piperazine rings is 1. The van der Waals surface area contributed by atoms with Crippen molar-refractivity contribution in [2.24, 2.45) is 0 Å². The lowest BCUT2D eigenvalue weighted by atomic mass is 10.1. The van der Waals surface area contributed by atoms with Crippen molar-refractivity contribution >= 4 is 23.2 Å². The fraction of sp³-hybridized carbons (Fsp3) is 0.435. The van der Waals surface area contributed by atoms with Crippen LogP contribution in [0.1, 0.15) is 17.5 Å². The first-order valence-corrected chi connectivity index (χ1v) is 11.0. The first-order chi connectivity index (χ1) is 14.2. The molecule has 29 heavy (non-hydrogen) atoms. The Labute approximate surface area is 177 Å². The van der Waals surface area contributed by atoms with E-state index >= 15 is 0 Å². The number of ether oxygens (including phenoxy) is 1. The summed E-state index contributed by atoms with van der Waals surface area (Å²) in [6.45, 7) is 6.42. The van der Waals surface area contributed by atoms with Crippen LogP contribution in [0.15, 0.2) is 42.5 Å². The summed E-state index contributed by atoms with van der Waals surface area (Å²) in [6, 6.07) is 13.9. The fourth-order valence-corrected chi connectivity index (χ4v) is 4.44. The van der Waals surface area contributed by atoms with Crippen molar-refractivity contribution in [3.8, 4) is 5.75 Å². The standard InChI is InChI=1S/C23H28ClN3O2/c24-20-5-8-22(9-6-20)29-15-14-26-10-12-27(13-11-26)17-23(28)25-21-7-4-18-2-1-3-19(18)16-21/h4-9,16H,1-3,10-15,17H2,(H,25,28)/p+2. The molecule has 0 saturated carbocycles. The molecule has 0 atom stereocenters. The van der Waals surface area contributed by atoms with Gasteiger partial charge < -0.3 is 19.9 Å². The number of benzene rings is 2. The molecule has 6 heteroatoms. The summed E-state index contributed by atoms with van der Waals surface area (Å²) in [6.07, 6.45) is 3.54. The molecular formula is C23H30ClN3O2+2. The molecule has 1 saturated heterocycles. The normalized spacial score (nSPS) is 20.9. The van der Waals surface area contributed by atoms with Gasteiger partial charge in [-0.2, -0.15) is 0 Å². The van der Waals surface area contributed by atoms with E-state index in [4.69, 9.17) is 16.3 Å². The maximum atomic E-state index is 12.4. The third-order valence-corrected chi connectivity index (χ3v) is 6.25. The minimum Gasteiger partial charge on any atom is -0.488 e. The van der Waals surface area contributed by atoms with Crippen LogP contribution in [0, 0.1) is 0 Å². The summed E-state index contributed by atoms with van der Waals surface area (Å²) >= 11 is 5.89. The van der Waals surface area contributed by atoms with E-state index in [9.17, 15) is 4.79 Å². The largest absolute Gasteiger partial charge is 0.488 e. The zero-order valence-electron chi connectivity index (χ0n) is 16.8. The molecule has 4 rings (SSSR count). The lowest BCUT2D eigenvalue weighted by Crippen LogP contribution is -3.28. The number of carbonyl (C=O) groups is 1. The number of fused-ring (bicyclic) bond motifs is 1. The van der Waals surface area contributed by atoms with Crippen molar-refractivity contribution < 1.29 is 19.3 Å². The first kappa shape index (κ1) is 20.2. The van der Waals surface area contributed by atoms with Gasteiger partial charge in [0.2, 0.25) is 0 Å². The van der Waals surface area contributed by atoms with E-state index in [0.717, 1.165) is 55.6 Å². The average molecular weight is 416 g/mol. The van der Waals surface area contributed by atoms with E-state index in [1.54, 1.807) is 4.90 Å². The summed E-state index contributed by atoms with van der Waals surface area (Å²) in [7, 11) is 0. The third-order valence-electron chi connectivity index (χ3n) is 6.00. The Bertz CT molecular complexity index is 833. The molecule has 1 fully saturated rings. The molecule has 3 N–H and O–H groups in total. The smallest absolute Gasteiger partial charge is 0.279 e. The Kier molecular flexibility index (Phi) is 6.70. The summed E-state index contributed by atoms with van der Waals surface area (Å²) < 4.78 is 5.80. The first-order valence-electron chi connectivity index (χ1n) is 10.6. The average Bonchev–Trinajstić information content (AvgIpc) is 3.19. The fourth-order valence-electron chi connectivity index (χ4n) is 4.31. The molecule has 2 aromatic rings. The molecule has 0 unspecified atom stereocenters. The number of hydrogen-bond donors (Lipinski definition) is 3. The van der Waals surface area contributed by atoms with Gasteiger partial charge in [-0.05, 0) is 66.8 Å². The quantitative estimate of drug-likeness (QED) is 0.621. The molecule has 154 valence electrons. The Morgan fingerprint density at radius 2 is 1.69 bits per heavy atom. The monoisotopic (exact) mass is 415 g/mol. The van der Waals surface area contributed by atoms with Crippen LogP contribution in [0.5, 0.6) is 5.75 Å². The van der Waals surface area contributed by atoms with Crippen molar-refractivity contribution in [3.05, 3.63) is 58.6 Å². The molecule has 1 heterocycles. The number of carbonyl (C=O) groups excluding carboxylic acids is 1. The number of nitrogens with one attached hydrogen (secondary N) is 3. The van der Waals surface area contributed by atoms with Crippen LogP contribution in [0.4, 0.5) is 5.69 Å². The maximum absolute atomic E-state index is 12.4. The van der Waals surface area contributed by atoms with E-state index in [2.05, 4.69) is 17.4 Å². The van der Waals surface area contributed by atoms with Gasteiger partial charge in [0.1, 0.15) is 45.1 Å². The SMILES string of the molecule is O=C(C[NH+]1CC[NH+](CCOc2ccc(Cl)cc2)CC1)Nc1ccc2c(c1)CCC2. The number of quaternary nitrogens is 2. The Morgan fingerprint density at radius 3 is 2.48 bits per heavy atom. The van der Waals surface area contributed by atoms with Gasteiger partial charge >= 0.3 is 0 Å². The highest BCUT2D eigenvalue weighted by molar-refractivity contribution is 6.30. The maximum Gasteiger partial charge on any atom is 0.279 e. The van der Waals surface area contributed by atoms with Crippen molar-refractivity contribution in [1.29, 1.82) is 0 Å². The van der Waals surface area contributed by atoms with Gasteiger partial charge in [-0.3, -0.25) is 4.79 Å². The highest BCUT2D eigenvalue weighted by Gasteiger charge is 2.24. The molecule has 5 nitrogen and oxygen atoms in total. The highest BCUT2D eigenvalue weighted by atomic mass is 35.5. The molecule has 1 amide bonds. The van der Waals surface area contributed by atoms with Crippen molar-refractivity contribution in [1.82, 2.24) is 0 Å². The van der Waals surface area contributed by atoms with Crippen LogP contribution in [0.3, 0.4) is 0 Å². The predicted molar refractivity (Wildman–Crippen MR) is 115 cm³/mol. The molecule has 0 aromatic heterocycles. The van der Waals surface area contributed by atoms with Crippen LogP contribution < -0.4 is 19.9 Å². The van der Waals surface area contributed by atoms with Gasteiger partial charge in [-0.15, -0.1) is 0 Å². The molecular weight excluding hydrogens is 386 g/mol. The van der Waals surface area contributed by atoms with Crippen LogP contribution in [0.25, 0.3) is 0 Å². The molecule has 0 bridgehead atoms. The number of hydrogen-bond acceptors (Lipinski definition) is 2. The van der Waals surface area contributed by atoms with Gasteiger partial charge in [0.25, 0.3) is 5.91 Å². The molecule has 0 spiro atoms. The van der Waals surface area contributed by atoms with E-state index in [1.807, 2.05) is 30.3 Å². The summed E-state index contributed by atoms with van der Waals surface area (Å²) in [4.78, 5) is 15.4. The number of anilines is 1. The molecule has 2 aliphatic rings. The van der Waals surface area contributed by atoms with Crippen LogP contribution >= 0.6 is 11.6 Å². The number of halogens is 1. The number of rotatable bonds is 7. The summed E-state index contributed by atoms with van der Waals surface area (Å²) in [5.41, 5.74) is 3.78. The van der Waals surface area contributed by atoms with Gasteiger partial charge in [-0.25, -0.2) is 0 Å². The summed E-state index contributed by atoms with van der Waals surface area (Å²) in [5, 5.41) is 3.81. The van der Waals surface area contributed by atoms with Crippen LogP contribution in [0.2, 0.25) is 5.02 Å². The van der Waals surface area contributed by atoms with Crippen molar-refractivity contribution in [2.75, 3.05) is 51.2 Å². The van der Waals surface area contributed by atoms with Crippen molar-refractivity contribution in [3.63, 3.8) is 0 Å². The van der Waals surface area contributed by atoms with E-state index in [1.165, 1.54) is 28.9 Å². The van der Waals surface area contributed by atoms with Crippen LogP contribution in [-0.4, -0.2) is 51.8 Å². The molecule has 2 aromatic carbocycles. The Hall–Kier alpha value is -2.08. The predicted octanol–water partition coefficient (Wildman–Crippen LogP) is 0.630. The number of amides is 1. The van der Waals surface area contributed by atoms with Gasteiger partial charge in [0, 0.05) is 10.7 Å². The van der Waals surface area contributed by atoms with Gasteiger partial charge in [0.15, 0.2) is 6.54 Å². The minimum absolute atomic E-state index is 0.118. The minimum atomic E-state index is 0.118. The Balaban J connectivity index is 1.15. The zero-order chi connectivity index (χ0) is 20.1. The summed E-state index contributed by atoms with van der Waals surface area (Å²) in [5.74, 6) is 0.980. The second-order valence-corrected chi connectivity index (χ2v) is 8.55. The lowest BCUT2D eigenvalue weighted by molar-refractivity contribution is -1.01. The zero-order valence-corrected chi connectivity index (χ0v) is 17.6. The number of aryl methyl sites for hydroxylation is 2. The molecule has 1 aliphatic heterocycles. The van der Waals surface area contributed by atoms with Gasteiger partial charge in [0.05, 0.1) is 0 Å². The lowest BCUT2D eigenvalue weighted by Gasteiger charge is -2.29. The van der Waals surface area contributed by atoms with Crippen LogP contribution in [-0.2, 0) is 17.6 Å². The topological polar surface area (TPSA) is 47.2 Å². The van der Waals surface area contributed by atoms with E-state index in [0.29, 0.717) is 13.2 Å². The van der Waals surface area contributed by atoms with Crippen molar-refractivity contribution in [2.45, 2.75) is 19.3 Å². The van der Waals surface area contributed by atoms with Gasteiger partial charge in [-0.1, -0.05) is 17.7 Å².